The van der Waals surface area contributed by atoms with E-state index in [0.29, 0.717) is 5.56 Å². The minimum Gasteiger partial charge on any atom is -0.479 e. The number of nitrogens with two attached hydrogens (primary N) is 1. The van der Waals surface area contributed by atoms with Crippen LogP contribution in [0.3, 0.4) is 0 Å². The predicted molar refractivity (Wildman–Crippen MR) is 50.7 cm³/mol. The first-order chi connectivity index (χ1) is 6.93. The second kappa shape index (κ2) is 4.35. The van der Waals surface area contributed by atoms with Gasteiger partial charge in [0.2, 0.25) is 12.0 Å². The fourth-order valence-corrected chi connectivity index (χ4v) is 1.20. The van der Waals surface area contributed by atoms with Crippen LogP contribution >= 0.6 is 0 Å². The van der Waals surface area contributed by atoms with E-state index < -0.39 is 24.4 Å². The highest BCUT2D eigenvalue weighted by Gasteiger charge is 2.41. The molecule has 1 aromatic carbocycles. The molecule has 1 aromatic rings. The topological polar surface area (TPSA) is 63.3 Å². The van der Waals surface area contributed by atoms with E-state index in [9.17, 15) is 13.6 Å². The Labute approximate surface area is 85.5 Å². The van der Waals surface area contributed by atoms with E-state index >= 15 is 0 Å². The van der Waals surface area contributed by atoms with Crippen LogP contribution in [-0.4, -0.2) is 23.0 Å². The Hall–Kier alpha value is -1.49. The maximum Gasteiger partial charge on any atom is 0.343 e. The van der Waals surface area contributed by atoms with E-state index in [2.05, 4.69) is 0 Å². The molecule has 2 atom stereocenters. The van der Waals surface area contributed by atoms with E-state index in [4.69, 9.17) is 10.8 Å². The van der Waals surface area contributed by atoms with Crippen LogP contribution in [0.1, 0.15) is 5.56 Å². The minimum absolute atomic E-state index is 0.450. The Kier molecular flexibility index (Phi) is 3.36. The van der Waals surface area contributed by atoms with Gasteiger partial charge in [-0.1, -0.05) is 30.3 Å². The molecule has 0 aliphatic heterocycles. The molecular weight excluding hydrogens is 204 g/mol. The van der Waals surface area contributed by atoms with Crippen molar-refractivity contribution >= 4 is 5.97 Å². The van der Waals surface area contributed by atoms with Crippen LogP contribution in [-0.2, 0) is 11.2 Å². The van der Waals surface area contributed by atoms with Gasteiger partial charge in [-0.2, -0.15) is 0 Å². The van der Waals surface area contributed by atoms with Crippen LogP contribution in [0.5, 0.6) is 0 Å². The summed E-state index contributed by atoms with van der Waals surface area (Å²) in [5.74, 6) is -4.77. The van der Waals surface area contributed by atoms with Crippen molar-refractivity contribution in [2.24, 2.45) is 5.73 Å². The average molecular weight is 215 g/mol. The SMILES string of the molecule is NC(F)(Cc1ccccc1)C(F)C(=O)O. The van der Waals surface area contributed by atoms with E-state index in [-0.39, 0.29) is 0 Å². The fourth-order valence-electron chi connectivity index (χ4n) is 1.20. The van der Waals surface area contributed by atoms with Gasteiger partial charge in [0.15, 0.2) is 0 Å². The highest BCUT2D eigenvalue weighted by molar-refractivity contribution is 5.73. The van der Waals surface area contributed by atoms with Gasteiger partial charge in [-0.3, -0.25) is 5.73 Å². The van der Waals surface area contributed by atoms with Gasteiger partial charge in [0, 0.05) is 6.42 Å². The van der Waals surface area contributed by atoms with E-state index in [1.54, 1.807) is 30.3 Å². The Morgan fingerprint density at radius 3 is 2.47 bits per heavy atom. The largest absolute Gasteiger partial charge is 0.479 e. The summed E-state index contributed by atoms with van der Waals surface area (Å²) in [5.41, 5.74) is 5.42. The number of hydrogen-bond donors (Lipinski definition) is 2. The van der Waals surface area contributed by atoms with Gasteiger partial charge < -0.3 is 5.11 Å². The zero-order valence-electron chi connectivity index (χ0n) is 7.86. The third-order valence-corrected chi connectivity index (χ3v) is 1.96. The monoisotopic (exact) mass is 215 g/mol. The standard InChI is InChI=1S/C10H11F2NO2/c11-8(9(14)15)10(12,13)6-7-4-2-1-3-5-7/h1-5,8H,6,13H2,(H,14,15). The Balaban J connectivity index is 2.76. The second-order valence-corrected chi connectivity index (χ2v) is 3.29. The molecule has 0 aromatic heterocycles. The maximum atomic E-state index is 13.4. The van der Waals surface area contributed by atoms with Crippen molar-refractivity contribution in [1.29, 1.82) is 0 Å². The van der Waals surface area contributed by atoms with Crippen molar-refractivity contribution in [2.75, 3.05) is 0 Å². The predicted octanol–water partition coefficient (Wildman–Crippen LogP) is 1.28. The van der Waals surface area contributed by atoms with Crippen molar-refractivity contribution in [2.45, 2.75) is 18.4 Å². The molecule has 0 saturated carbocycles. The van der Waals surface area contributed by atoms with Crippen molar-refractivity contribution in [3.63, 3.8) is 0 Å². The lowest BCUT2D eigenvalue weighted by Gasteiger charge is -2.21. The number of carboxylic acids is 1. The van der Waals surface area contributed by atoms with Gasteiger partial charge in [0.1, 0.15) is 0 Å². The van der Waals surface area contributed by atoms with Crippen LogP contribution in [0.15, 0.2) is 30.3 Å². The first-order valence-electron chi connectivity index (χ1n) is 4.32. The molecule has 0 bridgehead atoms. The molecule has 0 heterocycles. The second-order valence-electron chi connectivity index (χ2n) is 3.29. The summed E-state index contributed by atoms with van der Waals surface area (Å²) in [7, 11) is 0. The Morgan fingerprint density at radius 2 is 2.00 bits per heavy atom. The molecule has 82 valence electrons. The Bertz CT molecular complexity index is 341. The first kappa shape index (κ1) is 11.6. The van der Waals surface area contributed by atoms with Gasteiger partial charge in [0.05, 0.1) is 0 Å². The molecule has 5 heteroatoms. The third-order valence-electron chi connectivity index (χ3n) is 1.96. The van der Waals surface area contributed by atoms with E-state index in [0.717, 1.165) is 0 Å². The molecule has 0 amide bonds. The van der Waals surface area contributed by atoms with Crippen LogP contribution in [0, 0.1) is 0 Å². The Morgan fingerprint density at radius 1 is 1.47 bits per heavy atom. The van der Waals surface area contributed by atoms with Gasteiger partial charge in [-0.05, 0) is 5.56 Å². The number of halogens is 2. The number of alkyl halides is 2. The lowest BCUT2D eigenvalue weighted by molar-refractivity contribution is -0.149. The van der Waals surface area contributed by atoms with Gasteiger partial charge in [-0.15, -0.1) is 0 Å². The number of carbonyl (C=O) groups is 1. The number of aliphatic carboxylic acids is 1. The molecule has 0 fully saturated rings. The summed E-state index contributed by atoms with van der Waals surface area (Å²) in [6.45, 7) is 0. The smallest absolute Gasteiger partial charge is 0.343 e. The maximum absolute atomic E-state index is 13.4. The summed E-state index contributed by atoms with van der Waals surface area (Å²) in [4.78, 5) is 10.2. The van der Waals surface area contributed by atoms with Crippen LogP contribution < -0.4 is 5.73 Å². The van der Waals surface area contributed by atoms with Crippen molar-refractivity contribution in [1.82, 2.24) is 0 Å². The molecule has 0 aliphatic carbocycles. The van der Waals surface area contributed by atoms with Crippen LogP contribution in [0.2, 0.25) is 0 Å². The molecular formula is C10H11F2NO2. The summed E-state index contributed by atoms with van der Waals surface area (Å²) in [6.07, 6.45) is -3.20. The zero-order chi connectivity index (χ0) is 11.5. The van der Waals surface area contributed by atoms with Crippen LogP contribution in [0.25, 0.3) is 0 Å². The lowest BCUT2D eigenvalue weighted by Crippen LogP contribution is -2.50. The van der Waals surface area contributed by atoms with Crippen molar-refractivity contribution < 1.29 is 18.7 Å². The summed E-state index contributed by atoms with van der Waals surface area (Å²) < 4.78 is 26.3. The normalized spacial score (nSPS) is 16.7. The number of hydrogen-bond acceptors (Lipinski definition) is 2. The fraction of sp³-hybridized carbons (Fsp3) is 0.300. The molecule has 0 saturated heterocycles. The quantitative estimate of drug-likeness (QED) is 0.743. The molecule has 3 N–H and O–H groups in total. The minimum atomic E-state index is -2.88. The molecule has 2 unspecified atom stereocenters. The van der Waals surface area contributed by atoms with Crippen molar-refractivity contribution in [3.8, 4) is 0 Å². The molecule has 1 rings (SSSR count). The third kappa shape index (κ3) is 2.99. The molecule has 0 spiro atoms. The number of rotatable bonds is 4. The highest BCUT2D eigenvalue weighted by Crippen LogP contribution is 2.19. The summed E-state index contributed by atoms with van der Waals surface area (Å²) >= 11 is 0. The van der Waals surface area contributed by atoms with Gasteiger partial charge >= 0.3 is 5.97 Å². The van der Waals surface area contributed by atoms with Crippen LogP contribution in [0.4, 0.5) is 8.78 Å². The first-order valence-corrected chi connectivity index (χ1v) is 4.32. The summed E-state index contributed by atoms with van der Waals surface area (Å²) in [6, 6.07) is 8.09. The van der Waals surface area contributed by atoms with Gasteiger partial charge in [0.25, 0.3) is 0 Å². The average Bonchev–Trinajstić information content (AvgIpc) is 2.17. The molecule has 0 radical (unpaired) electrons. The highest BCUT2D eigenvalue weighted by atomic mass is 19.2. The lowest BCUT2D eigenvalue weighted by atomic mass is 10.0. The van der Waals surface area contributed by atoms with Gasteiger partial charge in [-0.25, -0.2) is 13.6 Å². The number of benzene rings is 1. The number of carboxylic acid groups (broad SMARTS) is 1. The molecule has 15 heavy (non-hydrogen) atoms. The zero-order valence-corrected chi connectivity index (χ0v) is 7.86. The summed E-state index contributed by atoms with van der Waals surface area (Å²) in [5, 5.41) is 8.30. The van der Waals surface area contributed by atoms with Crippen molar-refractivity contribution in [3.05, 3.63) is 35.9 Å². The van der Waals surface area contributed by atoms with E-state index in [1.165, 1.54) is 0 Å². The molecule has 0 aliphatic rings. The molecule has 3 nitrogen and oxygen atoms in total. The van der Waals surface area contributed by atoms with E-state index in [1.807, 2.05) is 0 Å².